The van der Waals surface area contributed by atoms with Crippen molar-refractivity contribution < 1.29 is 9.21 Å². The van der Waals surface area contributed by atoms with Crippen molar-refractivity contribution in [1.29, 1.82) is 0 Å². The van der Waals surface area contributed by atoms with E-state index in [1.54, 1.807) is 42.5 Å². The van der Waals surface area contributed by atoms with Crippen LogP contribution in [-0.4, -0.2) is 16.1 Å². The summed E-state index contributed by atoms with van der Waals surface area (Å²) in [6.07, 6.45) is 1.66. The first-order chi connectivity index (χ1) is 15.0. The zero-order chi connectivity index (χ0) is 21.7. The fourth-order valence-electron chi connectivity index (χ4n) is 3.77. The number of hydrogen-bond donors (Lipinski definition) is 0. The fourth-order valence-corrected chi connectivity index (χ4v) is 5.05. The summed E-state index contributed by atoms with van der Waals surface area (Å²) in [5.41, 5.74) is 0.992. The minimum absolute atomic E-state index is 0.00649. The van der Waals surface area contributed by atoms with Crippen LogP contribution in [0.2, 0.25) is 10.0 Å². The van der Waals surface area contributed by atoms with Crippen LogP contribution in [0.15, 0.2) is 51.7 Å². The number of carbonyl (C=O) groups excluding carboxylic acids is 1. The van der Waals surface area contributed by atoms with Gasteiger partial charge in [0.05, 0.1) is 27.0 Å². The molecule has 1 amide bonds. The van der Waals surface area contributed by atoms with Gasteiger partial charge in [-0.05, 0) is 36.2 Å². The molecule has 3 heterocycles. The van der Waals surface area contributed by atoms with E-state index in [0.29, 0.717) is 31.7 Å². The number of aryl methyl sites for hydroxylation is 1. The monoisotopic (exact) mass is 471 g/mol. The highest BCUT2D eigenvalue weighted by molar-refractivity contribution is 7.15. The summed E-state index contributed by atoms with van der Waals surface area (Å²) in [7, 11) is 0. The number of rotatable bonds is 4. The third kappa shape index (κ3) is 3.24. The van der Waals surface area contributed by atoms with Crippen molar-refractivity contribution >= 4 is 56.5 Å². The van der Waals surface area contributed by atoms with Crippen molar-refractivity contribution in [2.75, 3.05) is 4.90 Å². The third-order valence-electron chi connectivity index (χ3n) is 5.16. The summed E-state index contributed by atoms with van der Waals surface area (Å²) in [4.78, 5) is 28.4. The molecule has 1 atom stereocenters. The molecule has 156 valence electrons. The second kappa shape index (κ2) is 7.75. The van der Waals surface area contributed by atoms with Gasteiger partial charge in [0.25, 0.3) is 5.91 Å². The van der Waals surface area contributed by atoms with E-state index in [9.17, 15) is 9.59 Å². The van der Waals surface area contributed by atoms with E-state index in [4.69, 9.17) is 27.6 Å². The topological polar surface area (TPSA) is 76.3 Å². The van der Waals surface area contributed by atoms with Gasteiger partial charge in [-0.25, -0.2) is 0 Å². The minimum atomic E-state index is -0.749. The Bertz CT molecular complexity index is 1400. The smallest absolute Gasteiger partial charge is 0.297 e. The van der Waals surface area contributed by atoms with Crippen molar-refractivity contribution in [2.24, 2.45) is 0 Å². The van der Waals surface area contributed by atoms with Crippen LogP contribution in [0.25, 0.3) is 11.0 Å². The summed E-state index contributed by atoms with van der Waals surface area (Å²) < 4.78 is 5.92. The molecule has 6 nitrogen and oxygen atoms in total. The molecule has 1 aliphatic rings. The van der Waals surface area contributed by atoms with Crippen LogP contribution in [0.1, 0.15) is 46.1 Å². The molecule has 0 saturated heterocycles. The first-order valence-electron chi connectivity index (χ1n) is 9.66. The van der Waals surface area contributed by atoms with Crippen molar-refractivity contribution in [1.82, 2.24) is 10.2 Å². The predicted molar refractivity (Wildman–Crippen MR) is 122 cm³/mol. The molecule has 2 aromatic carbocycles. The first-order valence-corrected chi connectivity index (χ1v) is 11.2. The van der Waals surface area contributed by atoms with Crippen molar-refractivity contribution in [3.8, 4) is 0 Å². The summed E-state index contributed by atoms with van der Waals surface area (Å²) in [5.74, 6) is -0.430. The Labute approximate surface area is 191 Å². The lowest BCUT2D eigenvalue weighted by Gasteiger charge is -2.22. The summed E-state index contributed by atoms with van der Waals surface area (Å²) in [5, 5.41) is 10.8. The number of anilines is 1. The average molecular weight is 472 g/mol. The van der Waals surface area contributed by atoms with Gasteiger partial charge in [0.15, 0.2) is 5.43 Å². The lowest BCUT2D eigenvalue weighted by Crippen LogP contribution is -2.29. The summed E-state index contributed by atoms with van der Waals surface area (Å²) in [6, 6.07) is 11.2. The molecule has 0 spiro atoms. The molecular weight excluding hydrogens is 457 g/mol. The molecule has 0 aliphatic carbocycles. The second-order valence-corrected chi connectivity index (χ2v) is 9.00. The molecule has 9 heteroatoms. The molecule has 5 rings (SSSR count). The number of benzene rings is 2. The number of amides is 1. The van der Waals surface area contributed by atoms with Crippen LogP contribution in [0.4, 0.5) is 5.13 Å². The Morgan fingerprint density at radius 3 is 2.68 bits per heavy atom. The van der Waals surface area contributed by atoms with E-state index in [-0.39, 0.29) is 16.8 Å². The molecule has 2 aromatic heterocycles. The zero-order valence-corrected chi connectivity index (χ0v) is 18.6. The normalized spacial score (nSPS) is 15.6. The molecule has 4 aromatic rings. The number of para-hydroxylation sites is 1. The van der Waals surface area contributed by atoms with Crippen LogP contribution >= 0.6 is 34.5 Å². The lowest BCUT2D eigenvalue weighted by molar-refractivity contribution is 0.0970. The molecule has 31 heavy (non-hydrogen) atoms. The Morgan fingerprint density at radius 1 is 1.10 bits per heavy atom. The van der Waals surface area contributed by atoms with E-state index in [1.807, 2.05) is 6.92 Å². The van der Waals surface area contributed by atoms with Crippen molar-refractivity contribution in [3.63, 3.8) is 0 Å². The van der Waals surface area contributed by atoms with Gasteiger partial charge >= 0.3 is 0 Å². The molecule has 0 saturated carbocycles. The SMILES string of the molecule is CCCc1nnc(N2C(=O)c3oc4ccccc4c(=O)c3C2c2ccc(Cl)c(Cl)c2)s1. The van der Waals surface area contributed by atoms with Crippen LogP contribution in [0, 0.1) is 0 Å². The van der Waals surface area contributed by atoms with Gasteiger partial charge in [0, 0.05) is 6.42 Å². The molecule has 0 N–H and O–H groups in total. The standard InChI is InChI=1S/C22H15Cl2N3O3S/c1-2-5-16-25-26-22(31-16)27-18(11-8-9-13(23)14(24)10-11)17-19(28)12-6-3-4-7-15(12)30-20(17)21(27)29/h3-4,6-10,18H,2,5H2,1H3. The van der Waals surface area contributed by atoms with Crippen LogP contribution in [0.5, 0.6) is 0 Å². The summed E-state index contributed by atoms with van der Waals surface area (Å²) in [6.45, 7) is 2.05. The van der Waals surface area contributed by atoms with E-state index in [2.05, 4.69) is 10.2 Å². The first kappa shape index (κ1) is 20.2. The van der Waals surface area contributed by atoms with Gasteiger partial charge in [-0.2, -0.15) is 0 Å². The van der Waals surface area contributed by atoms with Crippen molar-refractivity contribution in [2.45, 2.75) is 25.8 Å². The van der Waals surface area contributed by atoms with Gasteiger partial charge < -0.3 is 4.42 Å². The number of hydrogen-bond acceptors (Lipinski definition) is 6. The van der Waals surface area contributed by atoms with Gasteiger partial charge in [-0.15, -0.1) is 10.2 Å². The number of aromatic nitrogens is 2. The van der Waals surface area contributed by atoms with Gasteiger partial charge in [-0.1, -0.05) is 59.7 Å². The van der Waals surface area contributed by atoms with E-state index in [0.717, 1.165) is 17.8 Å². The maximum Gasteiger partial charge on any atom is 0.297 e. The minimum Gasteiger partial charge on any atom is -0.450 e. The quantitative estimate of drug-likeness (QED) is 0.384. The van der Waals surface area contributed by atoms with Gasteiger partial charge in [0.1, 0.15) is 10.6 Å². The second-order valence-electron chi connectivity index (χ2n) is 7.15. The third-order valence-corrected chi connectivity index (χ3v) is 6.88. The maximum atomic E-state index is 13.5. The highest BCUT2D eigenvalue weighted by Crippen LogP contribution is 2.43. The van der Waals surface area contributed by atoms with Crippen molar-refractivity contribution in [3.05, 3.63) is 84.6 Å². The molecule has 1 aliphatic heterocycles. The molecule has 1 unspecified atom stereocenters. The number of fused-ring (bicyclic) bond motifs is 2. The Balaban J connectivity index is 1.77. The van der Waals surface area contributed by atoms with E-state index < -0.39 is 11.9 Å². The fraction of sp³-hybridized carbons (Fsp3) is 0.182. The van der Waals surface area contributed by atoms with Crippen LogP contribution < -0.4 is 10.3 Å². The van der Waals surface area contributed by atoms with Crippen LogP contribution in [-0.2, 0) is 6.42 Å². The maximum absolute atomic E-state index is 13.5. The zero-order valence-electron chi connectivity index (χ0n) is 16.3. The van der Waals surface area contributed by atoms with Gasteiger partial charge in [-0.3, -0.25) is 14.5 Å². The van der Waals surface area contributed by atoms with E-state index in [1.165, 1.54) is 16.2 Å². The number of halogens is 2. The molecule has 0 bridgehead atoms. The lowest BCUT2D eigenvalue weighted by atomic mass is 9.99. The number of carbonyl (C=O) groups is 1. The Hall–Kier alpha value is -2.74. The van der Waals surface area contributed by atoms with Crippen LogP contribution in [0.3, 0.4) is 0 Å². The molecule has 0 fully saturated rings. The Morgan fingerprint density at radius 2 is 1.90 bits per heavy atom. The number of nitrogens with zero attached hydrogens (tertiary/aromatic N) is 3. The summed E-state index contributed by atoms with van der Waals surface area (Å²) >= 11 is 13.7. The van der Waals surface area contributed by atoms with E-state index >= 15 is 0 Å². The molecular formula is C22H15Cl2N3O3S. The van der Waals surface area contributed by atoms with Gasteiger partial charge in [0.2, 0.25) is 10.9 Å². The Kier molecular flexibility index (Phi) is 5.04. The molecule has 0 radical (unpaired) electrons. The largest absolute Gasteiger partial charge is 0.450 e. The predicted octanol–water partition coefficient (Wildman–Crippen LogP) is 5.65. The average Bonchev–Trinajstić information content (AvgIpc) is 3.33. The highest BCUT2D eigenvalue weighted by Gasteiger charge is 2.45. The highest BCUT2D eigenvalue weighted by atomic mass is 35.5.